The number of hydrogen-bond donors (Lipinski definition) is 4. The molecule has 9 nitrogen and oxygen atoms in total. The molecule has 0 aliphatic carbocycles. The lowest BCUT2D eigenvalue weighted by molar-refractivity contribution is -0.140. The van der Waals surface area contributed by atoms with Crippen LogP contribution in [0.5, 0.6) is 0 Å². The van der Waals surface area contributed by atoms with Crippen LogP contribution in [0.4, 0.5) is 0 Å². The lowest BCUT2D eigenvalue weighted by atomic mass is 10.0. The second-order valence-electron chi connectivity index (χ2n) is 7.00. The van der Waals surface area contributed by atoms with E-state index in [-0.39, 0.29) is 17.7 Å². The van der Waals surface area contributed by atoms with Crippen LogP contribution < -0.4 is 22.1 Å². The monoisotopic (exact) mass is 369 g/mol. The smallest absolute Gasteiger partial charge is 0.243 e. The summed E-state index contributed by atoms with van der Waals surface area (Å²) in [5.41, 5.74) is 11.3. The van der Waals surface area contributed by atoms with Gasteiger partial charge in [0.05, 0.1) is 6.04 Å². The number of rotatable bonds is 11. The molecule has 3 atom stereocenters. The predicted molar refractivity (Wildman–Crippen MR) is 96.6 cm³/mol. The molecule has 0 spiro atoms. The molecule has 1 aliphatic rings. The van der Waals surface area contributed by atoms with E-state index in [2.05, 4.69) is 10.6 Å². The van der Waals surface area contributed by atoms with Gasteiger partial charge in [0.25, 0.3) is 0 Å². The van der Waals surface area contributed by atoms with Gasteiger partial charge < -0.3 is 27.0 Å². The van der Waals surface area contributed by atoms with Crippen molar-refractivity contribution >= 4 is 24.1 Å². The Balaban J connectivity index is 2.59. The van der Waals surface area contributed by atoms with E-state index in [1.807, 2.05) is 0 Å². The standard InChI is InChI=1S/C17H31N5O4/c1-11(2)14(15(19)24)21-16(25)13-7-5-9-22(13)17(26)12(18)6-3-4-8-20-10-23/h10-14H,3-9,18H2,1-2H3,(H2,19,24)(H,20,23)(H,21,25)/t12-,13-,14-/m0/s1. The highest BCUT2D eigenvalue weighted by Crippen LogP contribution is 2.20. The van der Waals surface area contributed by atoms with Crippen molar-refractivity contribution < 1.29 is 19.2 Å². The Hall–Kier alpha value is -2.16. The van der Waals surface area contributed by atoms with E-state index in [0.717, 1.165) is 6.42 Å². The summed E-state index contributed by atoms with van der Waals surface area (Å²) in [7, 11) is 0. The molecule has 1 aliphatic heterocycles. The van der Waals surface area contributed by atoms with Crippen molar-refractivity contribution in [2.45, 2.75) is 64.1 Å². The molecule has 0 aromatic heterocycles. The summed E-state index contributed by atoms with van der Waals surface area (Å²) in [6, 6.07) is -2.07. The van der Waals surface area contributed by atoms with Crippen molar-refractivity contribution in [3.63, 3.8) is 0 Å². The van der Waals surface area contributed by atoms with E-state index in [1.54, 1.807) is 13.8 Å². The maximum Gasteiger partial charge on any atom is 0.243 e. The number of primary amides is 1. The predicted octanol–water partition coefficient (Wildman–Crippen LogP) is -1.15. The van der Waals surface area contributed by atoms with Crippen LogP contribution in [-0.2, 0) is 19.2 Å². The molecule has 9 heteroatoms. The van der Waals surface area contributed by atoms with Gasteiger partial charge in [-0.3, -0.25) is 19.2 Å². The summed E-state index contributed by atoms with van der Waals surface area (Å²) < 4.78 is 0. The number of unbranched alkanes of at least 4 members (excludes halogenated alkanes) is 1. The third-order valence-corrected chi connectivity index (χ3v) is 4.60. The van der Waals surface area contributed by atoms with Gasteiger partial charge in [0.15, 0.2) is 0 Å². The van der Waals surface area contributed by atoms with E-state index >= 15 is 0 Å². The van der Waals surface area contributed by atoms with Crippen LogP contribution >= 0.6 is 0 Å². The second kappa shape index (κ2) is 10.7. The molecule has 148 valence electrons. The average Bonchev–Trinajstić information content (AvgIpc) is 3.07. The molecule has 0 bridgehead atoms. The van der Waals surface area contributed by atoms with Crippen molar-refractivity contribution in [1.29, 1.82) is 0 Å². The third-order valence-electron chi connectivity index (χ3n) is 4.60. The van der Waals surface area contributed by atoms with E-state index < -0.39 is 24.0 Å². The zero-order valence-corrected chi connectivity index (χ0v) is 15.6. The largest absolute Gasteiger partial charge is 0.368 e. The first-order valence-electron chi connectivity index (χ1n) is 9.12. The van der Waals surface area contributed by atoms with Crippen molar-refractivity contribution in [2.75, 3.05) is 13.1 Å². The summed E-state index contributed by atoms with van der Waals surface area (Å²) in [5.74, 6) is -1.35. The van der Waals surface area contributed by atoms with Gasteiger partial charge >= 0.3 is 0 Å². The van der Waals surface area contributed by atoms with Gasteiger partial charge in [0.1, 0.15) is 12.1 Å². The molecular formula is C17H31N5O4. The van der Waals surface area contributed by atoms with Crippen LogP contribution in [0.15, 0.2) is 0 Å². The fraction of sp³-hybridized carbons (Fsp3) is 0.765. The van der Waals surface area contributed by atoms with Crippen LogP contribution in [0.1, 0.15) is 46.0 Å². The maximum absolute atomic E-state index is 12.6. The highest BCUT2D eigenvalue weighted by Gasteiger charge is 2.37. The summed E-state index contributed by atoms with van der Waals surface area (Å²) in [6.07, 6.45) is 3.81. The fourth-order valence-electron chi connectivity index (χ4n) is 3.11. The molecule has 0 radical (unpaired) electrons. The lowest BCUT2D eigenvalue weighted by Crippen LogP contribution is -2.55. The van der Waals surface area contributed by atoms with Gasteiger partial charge in [-0.2, -0.15) is 0 Å². The van der Waals surface area contributed by atoms with Crippen molar-refractivity contribution in [3.8, 4) is 0 Å². The third kappa shape index (κ3) is 6.29. The first-order valence-corrected chi connectivity index (χ1v) is 9.12. The number of amides is 4. The van der Waals surface area contributed by atoms with Gasteiger partial charge in [-0.25, -0.2) is 0 Å². The molecule has 0 unspecified atom stereocenters. The van der Waals surface area contributed by atoms with Crippen LogP contribution in [0.3, 0.4) is 0 Å². The van der Waals surface area contributed by atoms with Gasteiger partial charge in [0.2, 0.25) is 24.1 Å². The molecule has 4 amide bonds. The van der Waals surface area contributed by atoms with Gasteiger partial charge in [-0.05, 0) is 38.0 Å². The van der Waals surface area contributed by atoms with Crippen LogP contribution in [-0.4, -0.2) is 60.2 Å². The van der Waals surface area contributed by atoms with Crippen molar-refractivity contribution in [3.05, 3.63) is 0 Å². The Kier molecular flexibility index (Phi) is 9.04. The normalized spacial score (nSPS) is 19.1. The molecule has 1 saturated heterocycles. The van der Waals surface area contributed by atoms with Crippen LogP contribution in [0, 0.1) is 5.92 Å². The molecule has 1 fully saturated rings. The zero-order chi connectivity index (χ0) is 19.7. The molecule has 0 aromatic rings. The first-order chi connectivity index (χ1) is 12.3. The number of nitrogens with zero attached hydrogens (tertiary/aromatic N) is 1. The van der Waals surface area contributed by atoms with E-state index in [4.69, 9.17) is 11.5 Å². The van der Waals surface area contributed by atoms with E-state index in [9.17, 15) is 19.2 Å². The molecule has 0 aromatic carbocycles. The Labute approximate surface area is 154 Å². The molecule has 1 rings (SSSR count). The Morgan fingerprint density at radius 1 is 1.27 bits per heavy atom. The Morgan fingerprint density at radius 3 is 2.54 bits per heavy atom. The van der Waals surface area contributed by atoms with Crippen LogP contribution in [0.2, 0.25) is 0 Å². The number of carbonyl (C=O) groups excluding carboxylic acids is 4. The van der Waals surface area contributed by atoms with E-state index in [1.165, 1.54) is 4.90 Å². The van der Waals surface area contributed by atoms with Crippen molar-refractivity contribution in [1.82, 2.24) is 15.5 Å². The zero-order valence-electron chi connectivity index (χ0n) is 15.6. The minimum absolute atomic E-state index is 0.135. The molecule has 1 heterocycles. The first kappa shape index (κ1) is 21.9. The van der Waals surface area contributed by atoms with Crippen LogP contribution in [0.25, 0.3) is 0 Å². The van der Waals surface area contributed by atoms with E-state index in [0.29, 0.717) is 45.2 Å². The number of carbonyl (C=O) groups is 4. The summed E-state index contributed by atoms with van der Waals surface area (Å²) in [5, 5.41) is 5.22. The fourth-order valence-corrected chi connectivity index (χ4v) is 3.11. The number of likely N-dealkylation sites (tertiary alicyclic amines) is 1. The van der Waals surface area contributed by atoms with Gasteiger partial charge in [0, 0.05) is 13.1 Å². The molecule has 26 heavy (non-hydrogen) atoms. The van der Waals surface area contributed by atoms with Gasteiger partial charge in [-0.15, -0.1) is 0 Å². The van der Waals surface area contributed by atoms with Crippen molar-refractivity contribution in [2.24, 2.45) is 17.4 Å². The summed E-state index contributed by atoms with van der Waals surface area (Å²) in [6.45, 7) is 4.61. The maximum atomic E-state index is 12.6. The lowest BCUT2D eigenvalue weighted by Gasteiger charge is -2.28. The minimum atomic E-state index is -0.765. The summed E-state index contributed by atoms with van der Waals surface area (Å²) in [4.78, 5) is 48.3. The molecule has 6 N–H and O–H groups in total. The quantitative estimate of drug-likeness (QED) is 0.268. The SMILES string of the molecule is CC(C)[C@H](NC(=O)[C@@H]1CCCN1C(=O)[C@@H](N)CCCCNC=O)C(N)=O. The Bertz CT molecular complexity index is 511. The molecule has 0 saturated carbocycles. The number of nitrogens with two attached hydrogens (primary N) is 2. The second-order valence-corrected chi connectivity index (χ2v) is 7.00. The van der Waals surface area contributed by atoms with Gasteiger partial charge in [-0.1, -0.05) is 13.8 Å². The molecular weight excluding hydrogens is 338 g/mol. The minimum Gasteiger partial charge on any atom is -0.368 e. The Morgan fingerprint density at radius 2 is 1.96 bits per heavy atom. The summed E-state index contributed by atoms with van der Waals surface area (Å²) >= 11 is 0. The highest BCUT2D eigenvalue weighted by molar-refractivity contribution is 5.93. The average molecular weight is 369 g/mol. The number of hydrogen-bond acceptors (Lipinski definition) is 5. The topological polar surface area (TPSA) is 148 Å². The number of nitrogens with one attached hydrogen (secondary N) is 2. The highest BCUT2D eigenvalue weighted by atomic mass is 16.2.